The van der Waals surface area contributed by atoms with Gasteiger partial charge in [0.25, 0.3) is 5.91 Å². The van der Waals surface area contributed by atoms with Gasteiger partial charge in [0.1, 0.15) is 6.54 Å². The lowest BCUT2D eigenvalue weighted by atomic mass is 10.5. The molecule has 0 saturated carbocycles. The van der Waals surface area contributed by atoms with Crippen LogP contribution in [0.5, 0.6) is 0 Å². The number of rotatable bonds is 3. The van der Waals surface area contributed by atoms with E-state index in [9.17, 15) is 4.79 Å². The van der Waals surface area contributed by atoms with Crippen molar-refractivity contribution < 1.29 is 9.63 Å². The highest BCUT2D eigenvalue weighted by Gasteiger charge is 2.10. The SMILES string of the molecule is CON(C)C(=O)Cn1nncc1C. The molecule has 1 aromatic heterocycles. The normalized spacial score (nSPS) is 10.1. The van der Waals surface area contributed by atoms with E-state index in [4.69, 9.17) is 4.84 Å². The van der Waals surface area contributed by atoms with Gasteiger partial charge in [-0.1, -0.05) is 5.21 Å². The fraction of sp³-hybridized carbons (Fsp3) is 0.571. The first kappa shape index (κ1) is 9.66. The minimum atomic E-state index is -0.170. The van der Waals surface area contributed by atoms with E-state index in [0.717, 1.165) is 10.8 Å². The average molecular weight is 184 g/mol. The summed E-state index contributed by atoms with van der Waals surface area (Å²) in [5.74, 6) is -0.170. The molecule has 0 aromatic carbocycles. The fourth-order valence-corrected chi connectivity index (χ4v) is 0.795. The number of aromatic nitrogens is 3. The largest absolute Gasteiger partial charge is 0.275 e. The zero-order valence-electron chi connectivity index (χ0n) is 7.89. The van der Waals surface area contributed by atoms with Gasteiger partial charge >= 0.3 is 0 Å². The van der Waals surface area contributed by atoms with Crippen LogP contribution in [0, 0.1) is 6.92 Å². The van der Waals surface area contributed by atoms with Crippen LogP contribution in [-0.2, 0) is 16.2 Å². The van der Waals surface area contributed by atoms with Gasteiger partial charge in [0.05, 0.1) is 19.0 Å². The number of hydrogen-bond donors (Lipinski definition) is 0. The van der Waals surface area contributed by atoms with Crippen molar-refractivity contribution in [2.75, 3.05) is 14.2 Å². The Bertz CT molecular complexity index is 296. The first-order valence-electron chi connectivity index (χ1n) is 3.81. The Morgan fingerprint density at radius 1 is 1.77 bits per heavy atom. The van der Waals surface area contributed by atoms with E-state index in [1.165, 1.54) is 11.8 Å². The predicted octanol–water partition coefficient (Wildman–Crippen LogP) is -0.394. The van der Waals surface area contributed by atoms with Crippen molar-refractivity contribution in [2.24, 2.45) is 0 Å². The number of amides is 1. The minimum Gasteiger partial charge on any atom is -0.275 e. The Hall–Kier alpha value is -1.43. The second-order valence-corrected chi connectivity index (χ2v) is 2.61. The summed E-state index contributed by atoms with van der Waals surface area (Å²) in [6.07, 6.45) is 1.60. The molecule has 1 heterocycles. The molecule has 6 nitrogen and oxygen atoms in total. The van der Waals surface area contributed by atoms with Crippen molar-refractivity contribution in [2.45, 2.75) is 13.5 Å². The number of aryl methyl sites for hydroxylation is 1. The number of hydrogen-bond acceptors (Lipinski definition) is 4. The van der Waals surface area contributed by atoms with Gasteiger partial charge in [-0.25, -0.2) is 9.75 Å². The van der Waals surface area contributed by atoms with Gasteiger partial charge < -0.3 is 0 Å². The zero-order valence-corrected chi connectivity index (χ0v) is 7.89. The van der Waals surface area contributed by atoms with Crippen LogP contribution in [-0.4, -0.2) is 40.1 Å². The maximum absolute atomic E-state index is 11.3. The molecule has 0 atom stereocenters. The lowest BCUT2D eigenvalue weighted by Gasteiger charge is -2.13. The van der Waals surface area contributed by atoms with Crippen molar-refractivity contribution in [1.82, 2.24) is 20.1 Å². The highest BCUT2D eigenvalue weighted by atomic mass is 16.7. The number of carbonyl (C=O) groups is 1. The Morgan fingerprint density at radius 2 is 2.46 bits per heavy atom. The van der Waals surface area contributed by atoms with Crippen molar-refractivity contribution in [1.29, 1.82) is 0 Å². The van der Waals surface area contributed by atoms with Crippen molar-refractivity contribution in [3.05, 3.63) is 11.9 Å². The van der Waals surface area contributed by atoms with Crippen LogP contribution in [0.1, 0.15) is 5.69 Å². The number of carbonyl (C=O) groups excluding carboxylic acids is 1. The molecule has 1 amide bonds. The van der Waals surface area contributed by atoms with Crippen molar-refractivity contribution >= 4 is 5.91 Å². The molecular weight excluding hydrogens is 172 g/mol. The molecule has 0 aliphatic heterocycles. The molecule has 0 fully saturated rings. The van der Waals surface area contributed by atoms with E-state index in [-0.39, 0.29) is 12.5 Å². The van der Waals surface area contributed by atoms with Gasteiger partial charge in [-0.2, -0.15) is 0 Å². The van der Waals surface area contributed by atoms with Crippen LogP contribution in [0.2, 0.25) is 0 Å². The maximum atomic E-state index is 11.3. The summed E-state index contributed by atoms with van der Waals surface area (Å²) in [7, 11) is 2.99. The minimum absolute atomic E-state index is 0.149. The summed E-state index contributed by atoms with van der Waals surface area (Å²) in [6.45, 7) is 1.98. The van der Waals surface area contributed by atoms with Crippen LogP contribution in [0.25, 0.3) is 0 Å². The summed E-state index contributed by atoms with van der Waals surface area (Å²) in [4.78, 5) is 16.0. The van der Waals surface area contributed by atoms with E-state index in [2.05, 4.69) is 10.3 Å². The summed E-state index contributed by atoms with van der Waals surface area (Å²) in [5.41, 5.74) is 0.845. The van der Waals surface area contributed by atoms with Crippen molar-refractivity contribution in [3.63, 3.8) is 0 Å². The first-order valence-corrected chi connectivity index (χ1v) is 3.81. The molecular formula is C7H12N4O2. The van der Waals surface area contributed by atoms with E-state index in [1.807, 2.05) is 6.92 Å². The van der Waals surface area contributed by atoms with Gasteiger partial charge in [-0.15, -0.1) is 5.10 Å². The van der Waals surface area contributed by atoms with Gasteiger partial charge in [-0.05, 0) is 6.92 Å². The monoisotopic (exact) mass is 184 g/mol. The highest BCUT2D eigenvalue weighted by molar-refractivity contribution is 5.74. The zero-order chi connectivity index (χ0) is 9.84. The first-order chi connectivity index (χ1) is 6.15. The molecule has 0 spiro atoms. The van der Waals surface area contributed by atoms with Crippen molar-refractivity contribution in [3.8, 4) is 0 Å². The maximum Gasteiger partial charge on any atom is 0.267 e. The lowest BCUT2D eigenvalue weighted by Crippen LogP contribution is -2.29. The summed E-state index contributed by atoms with van der Waals surface area (Å²) < 4.78 is 1.51. The molecule has 13 heavy (non-hydrogen) atoms. The van der Waals surface area contributed by atoms with E-state index in [1.54, 1.807) is 13.2 Å². The Kier molecular flexibility index (Phi) is 2.97. The number of hydroxylamine groups is 2. The van der Waals surface area contributed by atoms with E-state index in [0.29, 0.717) is 0 Å². The molecule has 6 heteroatoms. The second-order valence-electron chi connectivity index (χ2n) is 2.61. The van der Waals surface area contributed by atoms with Crippen LogP contribution in [0.3, 0.4) is 0 Å². The van der Waals surface area contributed by atoms with Gasteiger partial charge in [0.2, 0.25) is 0 Å². The highest BCUT2D eigenvalue weighted by Crippen LogP contribution is 1.94. The Labute approximate surface area is 76.0 Å². The van der Waals surface area contributed by atoms with Crippen LogP contribution < -0.4 is 0 Å². The third-order valence-corrected chi connectivity index (χ3v) is 1.72. The quantitative estimate of drug-likeness (QED) is 0.600. The molecule has 1 rings (SSSR count). The Balaban J connectivity index is 2.60. The average Bonchev–Trinajstić information content (AvgIpc) is 2.50. The topological polar surface area (TPSA) is 60.2 Å². The molecule has 0 saturated heterocycles. The molecule has 0 aliphatic rings. The lowest BCUT2D eigenvalue weighted by molar-refractivity contribution is -0.169. The van der Waals surface area contributed by atoms with Crippen LogP contribution in [0.15, 0.2) is 6.20 Å². The molecule has 72 valence electrons. The molecule has 0 unspecified atom stereocenters. The molecule has 1 aromatic rings. The van der Waals surface area contributed by atoms with E-state index >= 15 is 0 Å². The molecule has 0 aliphatic carbocycles. The third-order valence-electron chi connectivity index (χ3n) is 1.72. The molecule has 0 bridgehead atoms. The number of nitrogens with zero attached hydrogens (tertiary/aromatic N) is 4. The van der Waals surface area contributed by atoms with Crippen LogP contribution >= 0.6 is 0 Å². The summed E-state index contributed by atoms with van der Waals surface area (Å²) in [5, 5.41) is 8.55. The van der Waals surface area contributed by atoms with Gasteiger partial charge in [0, 0.05) is 7.05 Å². The fourth-order valence-electron chi connectivity index (χ4n) is 0.795. The second kappa shape index (κ2) is 3.99. The van der Waals surface area contributed by atoms with E-state index < -0.39 is 0 Å². The molecule has 0 N–H and O–H groups in total. The van der Waals surface area contributed by atoms with Gasteiger partial charge in [-0.3, -0.25) is 9.63 Å². The van der Waals surface area contributed by atoms with Gasteiger partial charge in [0.15, 0.2) is 0 Å². The molecule has 0 radical (unpaired) electrons. The smallest absolute Gasteiger partial charge is 0.267 e. The van der Waals surface area contributed by atoms with Crippen LogP contribution in [0.4, 0.5) is 0 Å². The summed E-state index contributed by atoms with van der Waals surface area (Å²) >= 11 is 0. The summed E-state index contributed by atoms with van der Waals surface area (Å²) in [6, 6.07) is 0. The third kappa shape index (κ3) is 2.25. The predicted molar refractivity (Wildman–Crippen MR) is 44.5 cm³/mol. The standard InChI is InChI=1S/C7H12N4O2/c1-6-4-8-9-11(6)5-7(12)10(2)13-3/h4H,5H2,1-3H3. The number of likely N-dealkylation sites (N-methyl/N-ethyl adjacent to an activating group) is 1. The Morgan fingerprint density at radius 3 is 2.92 bits per heavy atom.